The van der Waals surface area contributed by atoms with Crippen LogP contribution in [0.3, 0.4) is 0 Å². The van der Waals surface area contributed by atoms with Crippen molar-refractivity contribution in [1.82, 2.24) is 20.4 Å². The third kappa shape index (κ3) is 5.07. The van der Waals surface area contributed by atoms with Crippen LogP contribution in [-0.2, 0) is 13.1 Å². The molecule has 0 aliphatic heterocycles. The Kier molecular flexibility index (Phi) is 7.26. The molecule has 3 rings (SSSR count). The molecule has 0 saturated heterocycles. The normalized spacial score (nSPS) is 11.0. The minimum absolute atomic E-state index is 0. The van der Waals surface area contributed by atoms with Crippen molar-refractivity contribution in [2.75, 3.05) is 7.05 Å². The fraction of sp³-hybridized carbons (Fsp3) is 0.176. The van der Waals surface area contributed by atoms with Crippen LogP contribution in [0.1, 0.15) is 10.4 Å². The van der Waals surface area contributed by atoms with Crippen molar-refractivity contribution in [3.05, 3.63) is 70.7 Å². The predicted octanol–water partition coefficient (Wildman–Crippen LogP) is 3.42. The van der Waals surface area contributed by atoms with Crippen LogP contribution < -0.4 is 10.6 Å². The summed E-state index contributed by atoms with van der Waals surface area (Å²) in [6.45, 7) is 1.46. The molecule has 0 fully saturated rings. The second-order valence-corrected chi connectivity index (χ2v) is 6.02. The fourth-order valence-corrected chi connectivity index (χ4v) is 2.81. The van der Waals surface area contributed by atoms with Gasteiger partial charge in [-0.2, -0.15) is 5.10 Å². The first-order valence-electron chi connectivity index (χ1n) is 7.41. The van der Waals surface area contributed by atoms with E-state index in [0.717, 1.165) is 23.8 Å². The summed E-state index contributed by atoms with van der Waals surface area (Å²) in [7, 11) is 1.77. The van der Waals surface area contributed by atoms with E-state index in [0.29, 0.717) is 6.54 Å². The maximum atomic E-state index is 4.39. The lowest BCUT2D eigenvalue weighted by Gasteiger charge is -2.10. The fourth-order valence-electron chi connectivity index (χ4n) is 2.16. The Bertz CT molecular complexity index is 752. The second-order valence-electron chi connectivity index (χ2n) is 4.99. The van der Waals surface area contributed by atoms with Crippen molar-refractivity contribution < 1.29 is 0 Å². The SMILES string of the molecule is CN=C(NCc1cnn(-c2ccccc2)c1)NCc1cccs1.I. The van der Waals surface area contributed by atoms with Crippen LogP contribution in [0, 0.1) is 0 Å². The van der Waals surface area contributed by atoms with Crippen LogP contribution >= 0.6 is 35.3 Å². The monoisotopic (exact) mass is 453 g/mol. The van der Waals surface area contributed by atoms with Gasteiger partial charge in [-0.15, -0.1) is 35.3 Å². The molecule has 7 heteroatoms. The van der Waals surface area contributed by atoms with Crippen LogP contribution in [0.4, 0.5) is 0 Å². The lowest BCUT2D eigenvalue weighted by atomic mass is 10.3. The molecule has 0 saturated carbocycles. The highest BCUT2D eigenvalue weighted by Crippen LogP contribution is 2.08. The molecule has 24 heavy (non-hydrogen) atoms. The van der Waals surface area contributed by atoms with E-state index in [4.69, 9.17) is 0 Å². The van der Waals surface area contributed by atoms with Crippen molar-refractivity contribution in [3.63, 3.8) is 0 Å². The zero-order valence-corrected chi connectivity index (χ0v) is 16.5. The molecule has 0 bridgehead atoms. The number of nitrogens with one attached hydrogen (secondary N) is 2. The summed E-state index contributed by atoms with van der Waals surface area (Å²) >= 11 is 1.73. The average molecular weight is 453 g/mol. The summed E-state index contributed by atoms with van der Waals surface area (Å²) in [6, 6.07) is 14.2. The number of hydrogen-bond acceptors (Lipinski definition) is 3. The summed E-state index contributed by atoms with van der Waals surface area (Å²) in [6.07, 6.45) is 3.89. The van der Waals surface area contributed by atoms with Gasteiger partial charge in [0, 0.05) is 30.2 Å². The Balaban J connectivity index is 0.00000208. The number of para-hydroxylation sites is 1. The minimum Gasteiger partial charge on any atom is -0.352 e. The first-order chi connectivity index (χ1) is 11.3. The van der Waals surface area contributed by atoms with Gasteiger partial charge in [0.2, 0.25) is 0 Å². The number of rotatable bonds is 5. The van der Waals surface area contributed by atoms with Crippen LogP contribution in [0.15, 0.2) is 65.2 Å². The van der Waals surface area contributed by atoms with Crippen LogP contribution in [0.2, 0.25) is 0 Å². The first kappa shape index (κ1) is 18.5. The van der Waals surface area contributed by atoms with Gasteiger partial charge in [-0.25, -0.2) is 4.68 Å². The molecule has 5 nitrogen and oxygen atoms in total. The smallest absolute Gasteiger partial charge is 0.191 e. The van der Waals surface area contributed by atoms with E-state index >= 15 is 0 Å². The molecule has 0 aliphatic rings. The molecular formula is C17H20IN5S. The Morgan fingerprint density at radius 2 is 1.92 bits per heavy atom. The minimum atomic E-state index is 0. The number of benzene rings is 1. The lowest BCUT2D eigenvalue weighted by molar-refractivity contribution is 0.814. The summed E-state index contributed by atoms with van der Waals surface area (Å²) in [5, 5.41) is 13.1. The summed E-state index contributed by atoms with van der Waals surface area (Å²) in [4.78, 5) is 5.52. The largest absolute Gasteiger partial charge is 0.352 e. The highest BCUT2D eigenvalue weighted by Gasteiger charge is 2.03. The van der Waals surface area contributed by atoms with Gasteiger partial charge in [0.05, 0.1) is 18.4 Å². The molecule has 2 N–H and O–H groups in total. The van der Waals surface area contributed by atoms with E-state index < -0.39 is 0 Å². The summed E-state index contributed by atoms with van der Waals surface area (Å²) < 4.78 is 1.87. The third-order valence-corrected chi connectivity index (χ3v) is 4.23. The zero-order valence-electron chi connectivity index (χ0n) is 13.3. The van der Waals surface area contributed by atoms with E-state index in [1.807, 2.05) is 47.4 Å². The Morgan fingerprint density at radius 1 is 1.12 bits per heavy atom. The number of guanidine groups is 1. The number of thiophene rings is 1. The molecule has 0 spiro atoms. The number of nitrogens with zero attached hydrogens (tertiary/aromatic N) is 3. The van der Waals surface area contributed by atoms with Crippen LogP contribution in [0.25, 0.3) is 5.69 Å². The average Bonchev–Trinajstić information content (AvgIpc) is 3.27. The van der Waals surface area contributed by atoms with Gasteiger partial charge in [-0.1, -0.05) is 24.3 Å². The number of hydrogen-bond donors (Lipinski definition) is 2. The molecule has 0 atom stereocenters. The third-order valence-electron chi connectivity index (χ3n) is 3.35. The van der Waals surface area contributed by atoms with Crippen molar-refractivity contribution in [2.24, 2.45) is 4.99 Å². The zero-order chi connectivity index (χ0) is 15.9. The number of aromatic nitrogens is 2. The molecule has 3 aromatic rings. The van der Waals surface area contributed by atoms with Crippen molar-refractivity contribution in [2.45, 2.75) is 13.1 Å². The highest BCUT2D eigenvalue weighted by atomic mass is 127. The predicted molar refractivity (Wildman–Crippen MR) is 110 cm³/mol. The van der Waals surface area contributed by atoms with E-state index in [-0.39, 0.29) is 24.0 Å². The van der Waals surface area contributed by atoms with Gasteiger partial charge in [-0.05, 0) is 23.6 Å². The van der Waals surface area contributed by atoms with E-state index in [1.165, 1.54) is 4.88 Å². The van der Waals surface area contributed by atoms with Gasteiger partial charge in [0.15, 0.2) is 5.96 Å². The first-order valence-corrected chi connectivity index (χ1v) is 8.29. The quantitative estimate of drug-likeness (QED) is 0.354. The van der Waals surface area contributed by atoms with Crippen LogP contribution in [-0.4, -0.2) is 22.8 Å². The van der Waals surface area contributed by atoms with Gasteiger partial charge < -0.3 is 10.6 Å². The maximum absolute atomic E-state index is 4.39. The molecule has 2 heterocycles. The molecule has 0 radical (unpaired) electrons. The van der Waals surface area contributed by atoms with Crippen LogP contribution in [0.5, 0.6) is 0 Å². The molecule has 0 aliphatic carbocycles. The van der Waals surface area contributed by atoms with Crippen molar-refractivity contribution in [1.29, 1.82) is 0 Å². The van der Waals surface area contributed by atoms with Gasteiger partial charge >= 0.3 is 0 Å². The molecule has 126 valence electrons. The molecule has 1 aromatic carbocycles. The molecule has 0 amide bonds. The van der Waals surface area contributed by atoms with E-state index in [9.17, 15) is 0 Å². The second kappa shape index (κ2) is 9.43. The Labute approximate surface area is 162 Å². The Morgan fingerprint density at radius 3 is 2.62 bits per heavy atom. The van der Waals surface area contributed by atoms with E-state index in [1.54, 1.807) is 18.4 Å². The summed E-state index contributed by atoms with van der Waals surface area (Å²) in [5.74, 6) is 0.783. The van der Waals surface area contributed by atoms with Gasteiger partial charge in [-0.3, -0.25) is 4.99 Å². The maximum Gasteiger partial charge on any atom is 0.191 e. The summed E-state index contributed by atoms with van der Waals surface area (Å²) in [5.41, 5.74) is 2.16. The topological polar surface area (TPSA) is 54.2 Å². The van der Waals surface area contributed by atoms with Gasteiger partial charge in [0.1, 0.15) is 0 Å². The molecule has 2 aromatic heterocycles. The van der Waals surface area contributed by atoms with E-state index in [2.05, 4.69) is 38.2 Å². The Hall–Kier alpha value is -1.87. The lowest BCUT2D eigenvalue weighted by Crippen LogP contribution is -2.36. The number of halogens is 1. The standard InChI is InChI=1S/C17H19N5S.HI/c1-18-17(20-12-16-8-5-9-23-16)19-10-14-11-21-22(13-14)15-6-3-2-4-7-15;/h2-9,11,13H,10,12H2,1H3,(H2,18,19,20);1H. The number of aliphatic imine (C=N–C) groups is 1. The molecule has 0 unspecified atom stereocenters. The van der Waals surface area contributed by atoms with Crippen molar-refractivity contribution >= 4 is 41.3 Å². The van der Waals surface area contributed by atoms with Crippen molar-refractivity contribution in [3.8, 4) is 5.69 Å². The molecular weight excluding hydrogens is 433 g/mol. The van der Waals surface area contributed by atoms with Gasteiger partial charge in [0.25, 0.3) is 0 Å². The highest BCUT2D eigenvalue weighted by molar-refractivity contribution is 14.0.